The molecule has 0 saturated carbocycles. The topological polar surface area (TPSA) is 108 Å². The van der Waals surface area contributed by atoms with Crippen molar-refractivity contribution >= 4 is 39.1 Å². The molecule has 4 rings (SSSR count). The first-order chi connectivity index (χ1) is 17.8. The maximum Gasteiger partial charge on any atom is 0.339 e. The van der Waals surface area contributed by atoms with Crippen LogP contribution in [0.25, 0.3) is 6.08 Å². The smallest absolute Gasteiger partial charge is 0.339 e. The summed E-state index contributed by atoms with van der Waals surface area (Å²) in [7, 11) is -1.28. The van der Waals surface area contributed by atoms with E-state index in [-0.39, 0.29) is 34.5 Å². The van der Waals surface area contributed by atoms with Crippen LogP contribution in [0, 0.1) is 0 Å². The van der Waals surface area contributed by atoms with Gasteiger partial charge in [-0.25, -0.2) is 0 Å². The van der Waals surface area contributed by atoms with Gasteiger partial charge in [0.05, 0.1) is 25.7 Å². The van der Waals surface area contributed by atoms with E-state index in [1.54, 1.807) is 18.2 Å². The molecule has 1 heterocycles. The van der Waals surface area contributed by atoms with Gasteiger partial charge in [-0.2, -0.15) is 8.42 Å². The summed E-state index contributed by atoms with van der Waals surface area (Å²) in [5, 5.41) is -0.398. The number of thioether (sulfide) groups is 1. The van der Waals surface area contributed by atoms with Crippen LogP contribution in [0.15, 0.2) is 82.6 Å². The highest BCUT2D eigenvalue weighted by Gasteiger charge is 2.35. The van der Waals surface area contributed by atoms with Crippen LogP contribution in [0.4, 0.5) is 4.79 Å². The Kier molecular flexibility index (Phi) is 8.04. The van der Waals surface area contributed by atoms with Crippen LogP contribution in [0.3, 0.4) is 0 Å². The number of hydrogen-bond donors (Lipinski definition) is 0. The quantitative estimate of drug-likeness (QED) is 0.269. The fraction of sp³-hybridized carbons (Fsp3) is 0.154. The fourth-order valence-electron chi connectivity index (χ4n) is 3.37. The van der Waals surface area contributed by atoms with Gasteiger partial charge in [0.15, 0.2) is 11.5 Å². The minimum absolute atomic E-state index is 0.0263. The molecule has 192 valence electrons. The van der Waals surface area contributed by atoms with Crippen LogP contribution in [0.2, 0.25) is 0 Å². The van der Waals surface area contributed by atoms with Crippen LogP contribution in [0.5, 0.6) is 23.0 Å². The van der Waals surface area contributed by atoms with Crippen LogP contribution in [0.1, 0.15) is 5.56 Å². The number of rotatable bonds is 10. The first-order valence-corrected chi connectivity index (χ1v) is 13.2. The summed E-state index contributed by atoms with van der Waals surface area (Å²) >= 11 is 0.816. The van der Waals surface area contributed by atoms with Crippen LogP contribution < -0.4 is 18.4 Å². The van der Waals surface area contributed by atoms with E-state index < -0.39 is 21.3 Å². The second kappa shape index (κ2) is 11.4. The lowest BCUT2D eigenvalue weighted by molar-refractivity contribution is -0.123. The fourth-order valence-corrected chi connectivity index (χ4v) is 5.17. The summed E-state index contributed by atoms with van der Waals surface area (Å²) < 4.78 is 46.6. The summed E-state index contributed by atoms with van der Waals surface area (Å²) in [6.07, 6.45) is 1.53. The standard InChI is InChI=1S/C26H23NO8S2/c1-32-19-9-11-21(12-10-19)37(30,31)35-22-13-8-18(16-23(22)33-2)17-24-25(28)27(26(29)36-24)14-15-34-20-6-4-3-5-7-20/h3-13,16-17H,14-15H2,1-2H3/b24-17-. The van der Waals surface area contributed by atoms with Crippen molar-refractivity contribution in [1.29, 1.82) is 0 Å². The third-order valence-electron chi connectivity index (χ3n) is 5.23. The van der Waals surface area contributed by atoms with Crippen molar-refractivity contribution in [3.63, 3.8) is 0 Å². The molecule has 1 saturated heterocycles. The Morgan fingerprint density at radius 3 is 2.27 bits per heavy atom. The van der Waals surface area contributed by atoms with E-state index in [9.17, 15) is 18.0 Å². The highest BCUT2D eigenvalue weighted by molar-refractivity contribution is 8.18. The normalized spacial score (nSPS) is 14.6. The van der Waals surface area contributed by atoms with Gasteiger partial charge in [0.25, 0.3) is 11.1 Å². The van der Waals surface area contributed by atoms with E-state index in [4.69, 9.17) is 18.4 Å². The van der Waals surface area contributed by atoms with Gasteiger partial charge in [0, 0.05) is 0 Å². The lowest BCUT2D eigenvalue weighted by Crippen LogP contribution is -2.32. The molecule has 1 aliphatic rings. The first-order valence-electron chi connectivity index (χ1n) is 11.0. The van der Waals surface area contributed by atoms with E-state index in [2.05, 4.69) is 0 Å². The molecule has 1 fully saturated rings. The Morgan fingerprint density at radius 2 is 1.59 bits per heavy atom. The molecule has 0 N–H and O–H groups in total. The van der Waals surface area contributed by atoms with E-state index in [0.717, 1.165) is 16.7 Å². The van der Waals surface area contributed by atoms with Gasteiger partial charge >= 0.3 is 10.1 Å². The van der Waals surface area contributed by atoms with Gasteiger partial charge in [0.2, 0.25) is 0 Å². The second-order valence-corrected chi connectivity index (χ2v) is 10.2. The lowest BCUT2D eigenvalue weighted by Gasteiger charge is -2.13. The number of ether oxygens (including phenoxy) is 3. The zero-order valence-electron chi connectivity index (χ0n) is 19.9. The minimum atomic E-state index is -4.13. The Balaban J connectivity index is 1.46. The molecule has 3 aromatic carbocycles. The molecule has 0 aliphatic carbocycles. The van der Waals surface area contributed by atoms with Crippen LogP contribution >= 0.6 is 11.8 Å². The third kappa shape index (κ3) is 6.25. The zero-order chi connectivity index (χ0) is 26.4. The number of para-hydroxylation sites is 1. The number of methoxy groups -OCH3 is 2. The van der Waals surface area contributed by atoms with E-state index in [0.29, 0.717) is 17.1 Å². The summed E-state index contributed by atoms with van der Waals surface area (Å²) in [5.41, 5.74) is 0.525. The molecule has 3 aromatic rings. The Morgan fingerprint density at radius 1 is 0.865 bits per heavy atom. The number of nitrogens with zero attached hydrogens (tertiary/aromatic N) is 1. The molecule has 0 atom stereocenters. The average molecular weight is 542 g/mol. The average Bonchev–Trinajstić information content (AvgIpc) is 3.17. The predicted molar refractivity (Wildman–Crippen MR) is 138 cm³/mol. The van der Waals surface area contributed by atoms with Crippen molar-refractivity contribution in [2.45, 2.75) is 4.90 Å². The summed E-state index contributed by atoms with van der Waals surface area (Å²) in [6.45, 7) is 0.272. The van der Waals surface area contributed by atoms with Crippen LogP contribution in [-0.2, 0) is 14.9 Å². The first kappa shape index (κ1) is 26.1. The number of carbonyl (C=O) groups excluding carboxylic acids is 2. The van der Waals surface area contributed by atoms with Gasteiger partial charge in [-0.1, -0.05) is 24.3 Å². The second-order valence-electron chi connectivity index (χ2n) is 7.62. The number of amides is 2. The highest BCUT2D eigenvalue weighted by Crippen LogP contribution is 2.35. The van der Waals surface area contributed by atoms with Gasteiger partial charge < -0.3 is 18.4 Å². The molecule has 37 heavy (non-hydrogen) atoms. The summed E-state index contributed by atoms with van der Waals surface area (Å²) in [4.78, 5) is 26.5. The van der Waals surface area contributed by atoms with Crippen molar-refractivity contribution < 1.29 is 36.4 Å². The van der Waals surface area contributed by atoms with Gasteiger partial charge in [0.1, 0.15) is 23.0 Å². The van der Waals surface area contributed by atoms with Gasteiger partial charge in [-0.05, 0) is 71.9 Å². The predicted octanol–water partition coefficient (Wildman–Crippen LogP) is 4.59. The number of hydrogen-bond acceptors (Lipinski definition) is 9. The number of benzene rings is 3. The number of imide groups is 1. The van der Waals surface area contributed by atoms with Gasteiger partial charge in [-0.3, -0.25) is 14.5 Å². The molecular weight excluding hydrogens is 518 g/mol. The van der Waals surface area contributed by atoms with E-state index >= 15 is 0 Å². The Bertz CT molecular complexity index is 1420. The van der Waals surface area contributed by atoms with Crippen LogP contribution in [-0.4, -0.2) is 51.8 Å². The Hall–Kier alpha value is -3.96. The molecule has 0 aromatic heterocycles. The molecule has 2 amide bonds. The van der Waals surface area contributed by atoms with E-state index in [1.807, 2.05) is 18.2 Å². The third-order valence-corrected chi connectivity index (χ3v) is 7.39. The van der Waals surface area contributed by atoms with Crippen molar-refractivity contribution in [1.82, 2.24) is 4.90 Å². The van der Waals surface area contributed by atoms with Crippen molar-refractivity contribution in [3.8, 4) is 23.0 Å². The SMILES string of the molecule is COc1ccc(S(=O)(=O)Oc2ccc(/C=C3\SC(=O)N(CCOc4ccccc4)C3=O)cc2OC)cc1. The van der Waals surface area contributed by atoms with Crippen molar-refractivity contribution in [2.24, 2.45) is 0 Å². The molecule has 0 unspecified atom stereocenters. The molecule has 0 bridgehead atoms. The molecule has 0 radical (unpaired) electrons. The van der Waals surface area contributed by atoms with Crippen molar-refractivity contribution in [3.05, 3.63) is 83.3 Å². The largest absolute Gasteiger partial charge is 0.497 e. The monoisotopic (exact) mass is 541 g/mol. The maximum atomic E-state index is 12.8. The van der Waals surface area contributed by atoms with Crippen molar-refractivity contribution in [2.75, 3.05) is 27.4 Å². The molecule has 0 spiro atoms. The van der Waals surface area contributed by atoms with E-state index in [1.165, 1.54) is 56.7 Å². The lowest BCUT2D eigenvalue weighted by atomic mass is 10.2. The number of carbonyl (C=O) groups is 2. The van der Waals surface area contributed by atoms with Gasteiger partial charge in [-0.15, -0.1) is 0 Å². The Labute approximate surface area is 218 Å². The molecule has 9 nitrogen and oxygen atoms in total. The maximum absolute atomic E-state index is 12.8. The highest BCUT2D eigenvalue weighted by atomic mass is 32.2. The molecule has 1 aliphatic heterocycles. The summed E-state index contributed by atoms with van der Waals surface area (Å²) in [5.74, 6) is 0.832. The molecule has 11 heteroatoms. The molecular formula is C26H23NO8S2. The zero-order valence-corrected chi connectivity index (χ0v) is 21.6. The minimum Gasteiger partial charge on any atom is -0.497 e. The summed E-state index contributed by atoms with van der Waals surface area (Å²) in [6, 6.07) is 19.4.